The second kappa shape index (κ2) is 11.1. The summed E-state index contributed by atoms with van der Waals surface area (Å²) >= 11 is 6.10. The van der Waals surface area contributed by atoms with Crippen molar-refractivity contribution in [2.24, 2.45) is 5.92 Å². The fourth-order valence-corrected chi connectivity index (χ4v) is 5.33. The molecule has 38 heavy (non-hydrogen) atoms. The first-order chi connectivity index (χ1) is 18.4. The number of aromatic nitrogens is 2. The van der Waals surface area contributed by atoms with Gasteiger partial charge in [-0.2, -0.15) is 0 Å². The molecule has 0 amide bonds. The van der Waals surface area contributed by atoms with Gasteiger partial charge < -0.3 is 14.0 Å². The summed E-state index contributed by atoms with van der Waals surface area (Å²) in [6.07, 6.45) is 4.97. The maximum atomic E-state index is 14.9. The average molecular weight is 543 g/mol. The average Bonchev–Trinajstić information content (AvgIpc) is 3.28. The first-order valence-electron chi connectivity index (χ1n) is 12.5. The lowest BCUT2D eigenvalue weighted by Gasteiger charge is -2.32. The number of halogens is 4. The van der Waals surface area contributed by atoms with Gasteiger partial charge in [-0.1, -0.05) is 30.9 Å². The van der Waals surface area contributed by atoms with Gasteiger partial charge in [0.2, 0.25) is 0 Å². The quantitative estimate of drug-likeness (QED) is 0.224. The van der Waals surface area contributed by atoms with Crippen molar-refractivity contribution < 1.29 is 27.4 Å². The lowest BCUT2D eigenvalue weighted by molar-refractivity contribution is 0.0600. The molecule has 1 atom stereocenters. The summed E-state index contributed by atoms with van der Waals surface area (Å²) in [7, 11) is 1.22. The van der Waals surface area contributed by atoms with Gasteiger partial charge in [-0.05, 0) is 61.2 Å². The minimum atomic E-state index is -0.983. The number of rotatable bonds is 7. The minimum Gasteiger partial charge on any atom is -0.488 e. The number of hydrogen-bond acceptors (Lipinski definition) is 4. The molecule has 9 heteroatoms. The maximum absolute atomic E-state index is 14.9. The fraction of sp³-hybridized carbons (Fsp3) is 0.310. The van der Waals surface area contributed by atoms with Crippen LogP contribution in [0.2, 0.25) is 5.02 Å². The Hall–Kier alpha value is -3.52. The Bertz CT molecular complexity index is 1470. The van der Waals surface area contributed by atoms with Crippen LogP contribution in [0.1, 0.15) is 48.5 Å². The number of carbonyl (C=O) groups excluding carboxylic acids is 1. The van der Waals surface area contributed by atoms with E-state index in [-0.39, 0.29) is 29.9 Å². The van der Waals surface area contributed by atoms with Gasteiger partial charge in [0.25, 0.3) is 0 Å². The molecule has 1 fully saturated rings. The summed E-state index contributed by atoms with van der Waals surface area (Å²) in [5.74, 6) is -2.68. The zero-order valence-corrected chi connectivity index (χ0v) is 21.5. The molecular formula is C29H26ClF3N2O3. The molecule has 1 aliphatic carbocycles. The van der Waals surface area contributed by atoms with Gasteiger partial charge in [-0.15, -0.1) is 0 Å². The van der Waals surface area contributed by atoms with Crippen LogP contribution >= 0.6 is 11.6 Å². The van der Waals surface area contributed by atoms with E-state index in [1.165, 1.54) is 19.2 Å². The number of fused-ring (bicyclic) bond motifs is 1. The van der Waals surface area contributed by atoms with Gasteiger partial charge in [-0.25, -0.2) is 22.9 Å². The zero-order valence-electron chi connectivity index (χ0n) is 20.7. The van der Waals surface area contributed by atoms with E-state index < -0.39 is 23.4 Å². The van der Waals surface area contributed by atoms with Gasteiger partial charge in [0.1, 0.15) is 12.4 Å². The minimum absolute atomic E-state index is 0.0202. The Balaban J connectivity index is 1.59. The van der Waals surface area contributed by atoms with E-state index in [1.807, 2.05) is 4.57 Å². The highest BCUT2D eigenvalue weighted by atomic mass is 35.5. The van der Waals surface area contributed by atoms with Crippen molar-refractivity contribution in [2.45, 2.75) is 38.1 Å². The van der Waals surface area contributed by atoms with Crippen LogP contribution in [-0.4, -0.2) is 29.2 Å². The van der Waals surface area contributed by atoms with Crippen LogP contribution in [-0.2, 0) is 4.74 Å². The standard InChI is InChI=1S/C29H26ClF3N2O3/c1-37-29(36)19-9-12-27(23(33)13-19)38-16-26(17-5-3-2-4-6-17)35-25-15-22(32)21(31)14-24(25)34-28(35)18-7-10-20(30)11-8-18/h7-15,17,26H,2-6,16H2,1H3. The molecule has 0 aliphatic heterocycles. The van der Waals surface area contributed by atoms with E-state index in [0.717, 1.165) is 55.9 Å². The molecule has 1 aliphatic rings. The van der Waals surface area contributed by atoms with E-state index >= 15 is 0 Å². The van der Waals surface area contributed by atoms with Crippen LogP contribution in [0.5, 0.6) is 5.75 Å². The highest BCUT2D eigenvalue weighted by Gasteiger charge is 2.31. The van der Waals surface area contributed by atoms with E-state index in [2.05, 4.69) is 9.72 Å². The van der Waals surface area contributed by atoms with Gasteiger partial charge in [0.05, 0.1) is 29.7 Å². The molecule has 198 valence electrons. The summed E-state index contributed by atoms with van der Waals surface area (Å²) in [4.78, 5) is 16.4. The van der Waals surface area contributed by atoms with Crippen LogP contribution in [0.4, 0.5) is 13.2 Å². The molecule has 0 N–H and O–H groups in total. The number of nitrogens with zero attached hydrogens (tertiary/aromatic N) is 2. The van der Waals surface area contributed by atoms with E-state index in [9.17, 15) is 18.0 Å². The smallest absolute Gasteiger partial charge is 0.337 e. The molecule has 0 bridgehead atoms. The molecule has 5 rings (SSSR count). The Morgan fingerprint density at radius 3 is 2.39 bits per heavy atom. The molecule has 5 nitrogen and oxygen atoms in total. The summed E-state index contributed by atoms with van der Waals surface area (Å²) in [6, 6.07) is 12.8. The van der Waals surface area contributed by atoms with Crippen molar-refractivity contribution in [3.63, 3.8) is 0 Å². The van der Waals surface area contributed by atoms with Crippen molar-refractivity contribution in [2.75, 3.05) is 13.7 Å². The summed E-state index contributed by atoms with van der Waals surface area (Å²) < 4.78 is 56.1. The van der Waals surface area contributed by atoms with Gasteiger partial charge >= 0.3 is 5.97 Å². The third-order valence-electron chi connectivity index (χ3n) is 7.12. The first kappa shape index (κ1) is 26.1. The second-order valence-corrected chi connectivity index (χ2v) is 9.92. The van der Waals surface area contributed by atoms with Crippen molar-refractivity contribution in [1.82, 2.24) is 9.55 Å². The normalized spacial score (nSPS) is 15.0. The van der Waals surface area contributed by atoms with E-state index in [1.54, 1.807) is 24.3 Å². The molecule has 4 aromatic rings. The van der Waals surface area contributed by atoms with Crippen molar-refractivity contribution in [1.29, 1.82) is 0 Å². The van der Waals surface area contributed by atoms with Crippen LogP contribution in [0, 0.1) is 23.4 Å². The monoisotopic (exact) mass is 542 g/mol. The summed E-state index contributed by atoms with van der Waals surface area (Å²) in [5, 5.41) is 0.548. The maximum Gasteiger partial charge on any atom is 0.337 e. The molecule has 1 aromatic heterocycles. The third kappa shape index (κ3) is 5.23. The molecule has 0 radical (unpaired) electrons. The van der Waals surface area contributed by atoms with E-state index in [0.29, 0.717) is 21.9 Å². The number of ether oxygens (including phenoxy) is 2. The molecule has 0 spiro atoms. The lowest BCUT2D eigenvalue weighted by atomic mass is 9.83. The summed E-state index contributed by atoms with van der Waals surface area (Å²) in [5.41, 5.74) is 1.53. The van der Waals surface area contributed by atoms with Crippen molar-refractivity contribution in [3.8, 4) is 17.1 Å². The van der Waals surface area contributed by atoms with Gasteiger partial charge in [0.15, 0.2) is 23.2 Å². The third-order valence-corrected chi connectivity index (χ3v) is 7.37. The van der Waals surface area contributed by atoms with Crippen LogP contribution in [0.15, 0.2) is 54.6 Å². The molecular weight excluding hydrogens is 517 g/mol. The predicted octanol–water partition coefficient (Wildman–Crippen LogP) is 7.76. The van der Waals surface area contributed by atoms with Crippen molar-refractivity contribution in [3.05, 3.63) is 82.6 Å². The Morgan fingerprint density at radius 2 is 1.71 bits per heavy atom. The molecule has 0 saturated heterocycles. The lowest BCUT2D eigenvalue weighted by Crippen LogP contribution is -2.28. The molecule has 3 aromatic carbocycles. The number of benzene rings is 3. The largest absolute Gasteiger partial charge is 0.488 e. The number of methoxy groups -OCH3 is 1. The number of hydrogen-bond donors (Lipinski definition) is 0. The SMILES string of the molecule is COC(=O)c1ccc(OCC(C2CCCCC2)n2c(-c3ccc(Cl)cc3)nc3cc(F)c(F)cc32)c(F)c1. The van der Waals surface area contributed by atoms with Crippen LogP contribution < -0.4 is 4.74 Å². The summed E-state index contributed by atoms with van der Waals surface area (Å²) in [6.45, 7) is 0.0597. The Morgan fingerprint density at radius 1 is 1.00 bits per heavy atom. The highest BCUT2D eigenvalue weighted by molar-refractivity contribution is 6.30. The second-order valence-electron chi connectivity index (χ2n) is 9.48. The Kier molecular flexibility index (Phi) is 7.61. The fourth-order valence-electron chi connectivity index (χ4n) is 5.21. The molecule has 1 heterocycles. The van der Waals surface area contributed by atoms with Gasteiger partial charge in [0, 0.05) is 22.7 Å². The molecule has 1 unspecified atom stereocenters. The Labute approximate surface area is 223 Å². The van der Waals surface area contributed by atoms with E-state index in [4.69, 9.17) is 16.3 Å². The number of esters is 1. The predicted molar refractivity (Wildman–Crippen MR) is 139 cm³/mol. The first-order valence-corrected chi connectivity index (χ1v) is 12.9. The van der Waals surface area contributed by atoms with Gasteiger partial charge in [-0.3, -0.25) is 0 Å². The molecule has 1 saturated carbocycles. The highest BCUT2D eigenvalue weighted by Crippen LogP contribution is 2.39. The van der Waals surface area contributed by atoms with Crippen LogP contribution in [0.25, 0.3) is 22.4 Å². The zero-order chi connectivity index (χ0) is 26.8. The number of imidazole rings is 1. The van der Waals surface area contributed by atoms with Crippen LogP contribution in [0.3, 0.4) is 0 Å². The number of carbonyl (C=O) groups is 1. The van der Waals surface area contributed by atoms with Crippen molar-refractivity contribution >= 4 is 28.6 Å². The topological polar surface area (TPSA) is 53.4 Å².